The Hall–Kier alpha value is -1.92. The smallest absolute Gasteiger partial charge is 0.253 e. The molecule has 0 spiro atoms. The van der Waals surface area contributed by atoms with Crippen molar-refractivity contribution in [1.82, 2.24) is 4.90 Å². The van der Waals surface area contributed by atoms with Crippen molar-refractivity contribution < 1.29 is 14.3 Å². The highest BCUT2D eigenvalue weighted by Gasteiger charge is 2.38. The van der Waals surface area contributed by atoms with Crippen LogP contribution < -0.4 is 11.1 Å². The molecule has 1 aliphatic rings. The zero-order chi connectivity index (χ0) is 19.0. The Kier molecular flexibility index (Phi) is 7.60. The summed E-state index contributed by atoms with van der Waals surface area (Å²) in [6.45, 7) is 7.07. The lowest BCUT2D eigenvalue weighted by atomic mass is 9.79. The summed E-state index contributed by atoms with van der Waals surface area (Å²) in [5.74, 6) is -0.0320. The van der Waals surface area contributed by atoms with Crippen LogP contribution in [0.2, 0.25) is 0 Å². The molecule has 0 radical (unpaired) electrons. The third kappa shape index (κ3) is 4.83. The van der Waals surface area contributed by atoms with Gasteiger partial charge in [0.05, 0.1) is 5.41 Å². The van der Waals surface area contributed by atoms with E-state index in [4.69, 9.17) is 10.5 Å². The number of carbonyl (C=O) groups excluding carboxylic acids is 2. The highest BCUT2D eigenvalue weighted by Crippen LogP contribution is 2.31. The number of anilines is 1. The molecule has 0 aliphatic carbocycles. The molecule has 0 aromatic heterocycles. The maximum Gasteiger partial charge on any atom is 0.253 e. The number of benzene rings is 1. The summed E-state index contributed by atoms with van der Waals surface area (Å²) in [5.41, 5.74) is 6.64. The van der Waals surface area contributed by atoms with Gasteiger partial charge in [-0.15, -0.1) is 0 Å². The number of nitrogens with two attached hydrogens (primary N) is 1. The first kappa shape index (κ1) is 20.4. The molecule has 0 bridgehead atoms. The largest absolute Gasteiger partial charge is 0.381 e. The Morgan fingerprint density at radius 3 is 2.19 bits per heavy atom. The van der Waals surface area contributed by atoms with E-state index in [1.807, 2.05) is 4.90 Å². The van der Waals surface area contributed by atoms with E-state index in [-0.39, 0.29) is 11.8 Å². The Morgan fingerprint density at radius 1 is 1.12 bits per heavy atom. The fraction of sp³-hybridized carbons (Fsp3) is 0.600. The van der Waals surface area contributed by atoms with Crippen LogP contribution >= 0.6 is 0 Å². The number of hydrogen-bond donors (Lipinski definition) is 2. The maximum absolute atomic E-state index is 12.7. The number of nitrogens with one attached hydrogen (secondary N) is 1. The molecular formula is C20H31N3O3. The van der Waals surface area contributed by atoms with Crippen LogP contribution in [-0.2, 0) is 9.53 Å². The van der Waals surface area contributed by atoms with Gasteiger partial charge in [-0.3, -0.25) is 9.59 Å². The van der Waals surface area contributed by atoms with E-state index >= 15 is 0 Å². The van der Waals surface area contributed by atoms with Gasteiger partial charge in [0.1, 0.15) is 0 Å². The van der Waals surface area contributed by atoms with Gasteiger partial charge in [0.2, 0.25) is 5.91 Å². The summed E-state index contributed by atoms with van der Waals surface area (Å²) in [5, 5.41) is 2.95. The predicted octanol–water partition coefficient (Wildman–Crippen LogP) is 2.64. The highest BCUT2D eigenvalue weighted by atomic mass is 16.5. The van der Waals surface area contributed by atoms with Gasteiger partial charge in [0.15, 0.2) is 0 Å². The second-order valence-electron chi connectivity index (χ2n) is 6.92. The lowest BCUT2D eigenvalue weighted by Gasteiger charge is -2.34. The maximum atomic E-state index is 12.7. The van der Waals surface area contributed by atoms with Crippen LogP contribution in [0.4, 0.5) is 5.69 Å². The van der Waals surface area contributed by atoms with E-state index in [0.717, 1.165) is 25.9 Å². The van der Waals surface area contributed by atoms with Gasteiger partial charge in [-0.25, -0.2) is 0 Å². The first-order valence-corrected chi connectivity index (χ1v) is 9.55. The summed E-state index contributed by atoms with van der Waals surface area (Å²) >= 11 is 0. The molecule has 1 fully saturated rings. The molecule has 0 unspecified atom stereocenters. The second-order valence-corrected chi connectivity index (χ2v) is 6.92. The molecule has 0 saturated carbocycles. The van der Waals surface area contributed by atoms with Crippen molar-refractivity contribution in [3.05, 3.63) is 29.8 Å². The Bertz CT molecular complexity index is 589. The van der Waals surface area contributed by atoms with E-state index in [1.54, 1.807) is 24.3 Å². The summed E-state index contributed by atoms with van der Waals surface area (Å²) in [7, 11) is 0. The van der Waals surface area contributed by atoms with Crippen LogP contribution in [-0.4, -0.2) is 49.6 Å². The van der Waals surface area contributed by atoms with Gasteiger partial charge < -0.3 is 20.7 Å². The lowest BCUT2D eigenvalue weighted by Crippen LogP contribution is -2.46. The summed E-state index contributed by atoms with van der Waals surface area (Å²) in [6.07, 6.45) is 3.14. The molecule has 6 heteroatoms. The molecule has 2 rings (SSSR count). The van der Waals surface area contributed by atoms with Crippen molar-refractivity contribution in [2.45, 2.75) is 39.5 Å². The van der Waals surface area contributed by atoms with Gasteiger partial charge >= 0.3 is 0 Å². The van der Waals surface area contributed by atoms with Crippen molar-refractivity contribution in [2.24, 2.45) is 11.1 Å². The lowest BCUT2D eigenvalue weighted by molar-refractivity contribution is -0.130. The van der Waals surface area contributed by atoms with Crippen molar-refractivity contribution >= 4 is 17.5 Å². The Labute approximate surface area is 156 Å². The zero-order valence-corrected chi connectivity index (χ0v) is 15.9. The third-order valence-corrected chi connectivity index (χ3v) is 4.99. The average Bonchev–Trinajstić information content (AvgIpc) is 2.68. The number of carbonyl (C=O) groups is 2. The molecule has 26 heavy (non-hydrogen) atoms. The Balaban J connectivity index is 2.04. The van der Waals surface area contributed by atoms with Crippen molar-refractivity contribution in [3.8, 4) is 0 Å². The van der Waals surface area contributed by atoms with Gasteiger partial charge in [-0.1, -0.05) is 13.8 Å². The van der Waals surface area contributed by atoms with E-state index in [2.05, 4.69) is 19.2 Å². The molecule has 2 amide bonds. The molecule has 6 nitrogen and oxygen atoms in total. The summed E-state index contributed by atoms with van der Waals surface area (Å²) < 4.78 is 5.35. The van der Waals surface area contributed by atoms with Gasteiger partial charge in [-0.2, -0.15) is 0 Å². The standard InChI is InChI=1S/C20H31N3O3/c1-3-11-23(12-4-2)18(24)16-5-7-17(8-6-16)22-19(25)20(15-21)9-13-26-14-10-20/h5-8H,3-4,9-15,21H2,1-2H3,(H,22,25). The summed E-state index contributed by atoms with van der Waals surface area (Å²) in [4.78, 5) is 27.2. The molecular weight excluding hydrogens is 330 g/mol. The van der Waals surface area contributed by atoms with E-state index in [9.17, 15) is 9.59 Å². The van der Waals surface area contributed by atoms with Crippen LogP contribution in [0.3, 0.4) is 0 Å². The zero-order valence-electron chi connectivity index (χ0n) is 15.9. The topological polar surface area (TPSA) is 84.7 Å². The average molecular weight is 361 g/mol. The minimum atomic E-state index is -0.564. The van der Waals surface area contributed by atoms with Crippen molar-refractivity contribution in [3.63, 3.8) is 0 Å². The molecule has 1 heterocycles. The summed E-state index contributed by atoms with van der Waals surface area (Å²) in [6, 6.07) is 7.11. The second kappa shape index (κ2) is 9.69. The minimum absolute atomic E-state index is 0.0365. The normalized spacial score (nSPS) is 16.1. The first-order valence-electron chi connectivity index (χ1n) is 9.55. The number of rotatable bonds is 8. The molecule has 1 aromatic rings. The Morgan fingerprint density at radius 2 is 1.69 bits per heavy atom. The van der Waals surface area contributed by atoms with Crippen molar-refractivity contribution in [2.75, 3.05) is 38.2 Å². The number of hydrogen-bond acceptors (Lipinski definition) is 4. The van der Waals surface area contributed by atoms with Gasteiger partial charge in [0, 0.05) is 44.1 Å². The van der Waals surface area contributed by atoms with Crippen LogP contribution in [0.5, 0.6) is 0 Å². The first-order chi connectivity index (χ1) is 12.6. The van der Waals surface area contributed by atoms with E-state index < -0.39 is 5.41 Å². The molecule has 1 aromatic carbocycles. The molecule has 144 valence electrons. The van der Waals surface area contributed by atoms with Crippen LogP contribution in [0.25, 0.3) is 0 Å². The predicted molar refractivity (Wildman–Crippen MR) is 103 cm³/mol. The fourth-order valence-corrected chi connectivity index (χ4v) is 3.28. The van der Waals surface area contributed by atoms with Crippen molar-refractivity contribution in [1.29, 1.82) is 0 Å². The van der Waals surface area contributed by atoms with E-state index in [0.29, 0.717) is 43.9 Å². The van der Waals surface area contributed by atoms with Crippen LogP contribution in [0, 0.1) is 5.41 Å². The molecule has 0 atom stereocenters. The molecule has 1 aliphatic heterocycles. The van der Waals surface area contributed by atoms with E-state index in [1.165, 1.54) is 0 Å². The highest BCUT2D eigenvalue weighted by molar-refractivity contribution is 5.97. The SMILES string of the molecule is CCCN(CCC)C(=O)c1ccc(NC(=O)C2(CN)CCOCC2)cc1. The monoisotopic (exact) mass is 361 g/mol. The van der Waals surface area contributed by atoms with Gasteiger partial charge in [-0.05, 0) is 49.9 Å². The fourth-order valence-electron chi connectivity index (χ4n) is 3.28. The quantitative estimate of drug-likeness (QED) is 0.745. The van der Waals surface area contributed by atoms with Crippen LogP contribution in [0.1, 0.15) is 49.9 Å². The minimum Gasteiger partial charge on any atom is -0.381 e. The molecule has 1 saturated heterocycles. The molecule has 3 N–H and O–H groups in total. The number of nitrogens with zero attached hydrogens (tertiary/aromatic N) is 1. The third-order valence-electron chi connectivity index (χ3n) is 4.99. The van der Waals surface area contributed by atoms with Crippen LogP contribution in [0.15, 0.2) is 24.3 Å². The number of amides is 2. The van der Waals surface area contributed by atoms with Gasteiger partial charge in [0.25, 0.3) is 5.91 Å². The number of ether oxygens (including phenoxy) is 1.